The molecule has 126 valence electrons. The second-order valence-corrected chi connectivity index (χ2v) is 5.95. The first-order valence-electron chi connectivity index (χ1n) is 8.64. The van der Waals surface area contributed by atoms with Gasteiger partial charge in [-0.15, -0.1) is 15.0 Å². The number of rotatable bonds is 5. The second kappa shape index (κ2) is 7.35. The fourth-order valence-corrected chi connectivity index (χ4v) is 3.23. The van der Waals surface area contributed by atoms with Crippen LogP contribution < -0.4 is 9.64 Å². The maximum atomic E-state index is 9.47. The summed E-state index contributed by atoms with van der Waals surface area (Å²) in [6.07, 6.45) is 4.58. The number of hydrogen-bond acceptors (Lipinski definition) is 5. The van der Waals surface area contributed by atoms with E-state index in [0.717, 1.165) is 37.2 Å². The monoisotopic (exact) mass is 325 g/mol. The van der Waals surface area contributed by atoms with Crippen molar-refractivity contribution in [1.82, 2.24) is 15.0 Å². The Kier molecular flexibility index (Phi) is 4.99. The first kappa shape index (κ1) is 16.3. The van der Waals surface area contributed by atoms with Crippen molar-refractivity contribution in [3.8, 4) is 17.5 Å². The molecule has 0 spiro atoms. The van der Waals surface area contributed by atoms with Crippen molar-refractivity contribution >= 4 is 5.82 Å². The molecule has 0 amide bonds. The molecule has 1 aliphatic heterocycles. The van der Waals surface area contributed by atoms with Crippen LogP contribution in [0.15, 0.2) is 24.3 Å². The number of benzene rings is 1. The average molecular weight is 325 g/mol. The molecule has 6 heteroatoms. The number of piperidine rings is 1. The zero-order valence-electron chi connectivity index (χ0n) is 14.3. The highest BCUT2D eigenvalue weighted by molar-refractivity contribution is 5.51. The smallest absolute Gasteiger partial charge is 0.207 e. The highest BCUT2D eigenvalue weighted by Gasteiger charge is 2.26. The van der Waals surface area contributed by atoms with Crippen molar-refractivity contribution in [2.24, 2.45) is 0 Å². The molecule has 1 aliphatic rings. The zero-order chi connectivity index (χ0) is 16.9. The minimum atomic E-state index is 0.393. The molecule has 0 N–H and O–H groups in total. The van der Waals surface area contributed by atoms with Crippen LogP contribution >= 0.6 is 0 Å². The third-order valence-electron chi connectivity index (χ3n) is 4.45. The van der Waals surface area contributed by atoms with Gasteiger partial charge in [-0.25, -0.2) is 0 Å². The van der Waals surface area contributed by atoms with E-state index < -0.39 is 0 Å². The van der Waals surface area contributed by atoms with E-state index in [0.29, 0.717) is 24.2 Å². The molecule has 0 aliphatic carbocycles. The molecule has 0 radical (unpaired) electrons. The summed E-state index contributed by atoms with van der Waals surface area (Å²) in [5, 5.41) is 18.5. The number of anilines is 1. The molecule has 0 unspecified atom stereocenters. The van der Waals surface area contributed by atoms with Gasteiger partial charge >= 0.3 is 0 Å². The van der Waals surface area contributed by atoms with Crippen molar-refractivity contribution in [2.75, 3.05) is 18.1 Å². The zero-order valence-corrected chi connectivity index (χ0v) is 14.3. The van der Waals surface area contributed by atoms with Gasteiger partial charge in [0.05, 0.1) is 12.3 Å². The van der Waals surface area contributed by atoms with Gasteiger partial charge in [-0.1, -0.05) is 6.92 Å². The predicted molar refractivity (Wildman–Crippen MR) is 92.5 cm³/mol. The van der Waals surface area contributed by atoms with E-state index in [1.165, 1.54) is 6.42 Å². The largest absolute Gasteiger partial charge is 0.494 e. The third-order valence-corrected chi connectivity index (χ3v) is 4.45. The van der Waals surface area contributed by atoms with E-state index in [-0.39, 0.29) is 0 Å². The van der Waals surface area contributed by atoms with Crippen LogP contribution in [0.5, 0.6) is 5.75 Å². The maximum Gasteiger partial charge on any atom is 0.207 e. The Morgan fingerprint density at radius 1 is 1.21 bits per heavy atom. The molecule has 1 atom stereocenters. The molecule has 2 aromatic rings. The molecule has 1 aromatic carbocycles. The van der Waals surface area contributed by atoms with Crippen LogP contribution in [0.4, 0.5) is 5.82 Å². The van der Waals surface area contributed by atoms with Crippen LogP contribution in [-0.4, -0.2) is 34.2 Å². The average Bonchev–Trinajstić information content (AvgIpc) is 3.07. The SMILES string of the molecule is CCOc1ccc(-n2nc(C#N)c(N3CCCC[C@H]3CC)n2)cc1. The van der Waals surface area contributed by atoms with Gasteiger partial charge in [0, 0.05) is 12.6 Å². The summed E-state index contributed by atoms with van der Waals surface area (Å²) >= 11 is 0. The summed E-state index contributed by atoms with van der Waals surface area (Å²) in [4.78, 5) is 3.80. The molecule has 2 heterocycles. The molecule has 1 fully saturated rings. The highest BCUT2D eigenvalue weighted by atomic mass is 16.5. The minimum absolute atomic E-state index is 0.393. The minimum Gasteiger partial charge on any atom is -0.494 e. The Bertz CT molecular complexity index is 716. The first-order valence-corrected chi connectivity index (χ1v) is 8.64. The number of ether oxygens (including phenoxy) is 1. The van der Waals surface area contributed by atoms with Gasteiger partial charge in [0.15, 0.2) is 5.82 Å². The van der Waals surface area contributed by atoms with Gasteiger partial charge in [0.1, 0.15) is 11.8 Å². The van der Waals surface area contributed by atoms with E-state index in [2.05, 4.69) is 28.1 Å². The molecule has 3 rings (SSSR count). The molecule has 0 saturated carbocycles. The van der Waals surface area contributed by atoms with Crippen LogP contribution in [0.1, 0.15) is 45.2 Å². The number of aromatic nitrogens is 3. The topological polar surface area (TPSA) is 67.0 Å². The number of hydrogen-bond donors (Lipinski definition) is 0. The van der Waals surface area contributed by atoms with E-state index >= 15 is 0 Å². The molecular formula is C18H23N5O. The Morgan fingerprint density at radius 2 is 2.00 bits per heavy atom. The second-order valence-electron chi connectivity index (χ2n) is 5.95. The van der Waals surface area contributed by atoms with Gasteiger partial charge in [-0.05, 0) is 56.9 Å². The summed E-state index contributed by atoms with van der Waals surface area (Å²) in [5.74, 6) is 1.52. The normalized spacial score (nSPS) is 17.5. The molecule has 1 aromatic heterocycles. The quantitative estimate of drug-likeness (QED) is 0.843. The molecule has 1 saturated heterocycles. The van der Waals surface area contributed by atoms with Crippen LogP contribution in [0.25, 0.3) is 5.69 Å². The highest BCUT2D eigenvalue weighted by Crippen LogP contribution is 2.27. The Morgan fingerprint density at radius 3 is 2.67 bits per heavy atom. The van der Waals surface area contributed by atoms with Crippen molar-refractivity contribution < 1.29 is 4.74 Å². The summed E-state index contributed by atoms with van der Waals surface area (Å²) < 4.78 is 5.46. The van der Waals surface area contributed by atoms with E-state index in [9.17, 15) is 5.26 Å². The molecular weight excluding hydrogens is 302 g/mol. The lowest BCUT2D eigenvalue weighted by Gasteiger charge is -2.35. The maximum absolute atomic E-state index is 9.47. The van der Waals surface area contributed by atoms with Gasteiger partial charge in [-0.3, -0.25) is 0 Å². The van der Waals surface area contributed by atoms with Crippen LogP contribution in [0.3, 0.4) is 0 Å². The van der Waals surface area contributed by atoms with E-state index in [4.69, 9.17) is 4.74 Å². The lowest BCUT2D eigenvalue weighted by Crippen LogP contribution is -2.39. The Labute approximate surface area is 142 Å². The van der Waals surface area contributed by atoms with E-state index in [1.807, 2.05) is 31.2 Å². The summed E-state index contributed by atoms with van der Waals surface area (Å²) in [6.45, 7) is 5.72. The standard InChI is InChI=1S/C18H23N5O/c1-3-14-7-5-6-12-22(14)18-17(13-19)20-23(21-18)15-8-10-16(11-9-15)24-4-2/h8-11,14H,3-7,12H2,1-2H3/t14-/m1/s1. The lowest BCUT2D eigenvalue weighted by molar-refractivity contribution is 0.340. The van der Waals surface area contributed by atoms with Crippen LogP contribution in [0.2, 0.25) is 0 Å². The first-order chi connectivity index (χ1) is 11.8. The fraction of sp³-hybridized carbons (Fsp3) is 0.500. The van der Waals surface area contributed by atoms with Crippen LogP contribution in [0, 0.1) is 11.3 Å². The van der Waals surface area contributed by atoms with Gasteiger partial charge in [0.25, 0.3) is 0 Å². The Hall–Kier alpha value is -2.55. The molecule has 6 nitrogen and oxygen atoms in total. The third kappa shape index (κ3) is 3.21. The van der Waals surface area contributed by atoms with Crippen molar-refractivity contribution in [3.63, 3.8) is 0 Å². The molecule has 0 bridgehead atoms. The number of nitrogens with zero attached hydrogens (tertiary/aromatic N) is 5. The predicted octanol–water partition coefficient (Wildman–Crippen LogP) is 3.31. The summed E-state index contributed by atoms with van der Waals surface area (Å²) in [5.41, 5.74) is 1.22. The number of nitriles is 1. The van der Waals surface area contributed by atoms with Crippen molar-refractivity contribution in [2.45, 2.75) is 45.6 Å². The van der Waals surface area contributed by atoms with Crippen molar-refractivity contribution in [1.29, 1.82) is 5.26 Å². The van der Waals surface area contributed by atoms with Gasteiger partial charge < -0.3 is 9.64 Å². The van der Waals surface area contributed by atoms with Gasteiger partial charge in [0.2, 0.25) is 5.69 Å². The van der Waals surface area contributed by atoms with Crippen LogP contribution in [-0.2, 0) is 0 Å². The summed E-state index contributed by atoms with van der Waals surface area (Å²) in [6, 6.07) is 10.2. The van der Waals surface area contributed by atoms with Gasteiger partial charge in [-0.2, -0.15) is 5.26 Å². The lowest BCUT2D eigenvalue weighted by atomic mass is 10.00. The Balaban J connectivity index is 1.91. The molecule has 24 heavy (non-hydrogen) atoms. The van der Waals surface area contributed by atoms with E-state index in [1.54, 1.807) is 4.80 Å². The van der Waals surface area contributed by atoms with Crippen molar-refractivity contribution in [3.05, 3.63) is 30.0 Å². The summed E-state index contributed by atoms with van der Waals surface area (Å²) in [7, 11) is 0. The fourth-order valence-electron chi connectivity index (χ4n) is 3.23.